The maximum Gasteiger partial charge on any atom is 0.251 e. The van der Waals surface area contributed by atoms with Gasteiger partial charge >= 0.3 is 0 Å². The quantitative estimate of drug-likeness (QED) is 0.827. The second-order valence-electron chi connectivity index (χ2n) is 4.94. The lowest BCUT2D eigenvalue weighted by molar-refractivity contribution is 0.0940. The average molecular weight is 332 g/mol. The topological polar surface area (TPSA) is 29.1 Å². The van der Waals surface area contributed by atoms with Crippen molar-refractivity contribution in [2.45, 2.75) is 25.2 Å². The third kappa shape index (κ3) is 3.70. The monoisotopic (exact) mass is 331 g/mol. The summed E-state index contributed by atoms with van der Waals surface area (Å²) < 4.78 is 0. The predicted molar refractivity (Wildman–Crippen MR) is 86.1 cm³/mol. The highest BCUT2D eigenvalue weighted by molar-refractivity contribution is 9.08. The van der Waals surface area contributed by atoms with E-state index in [0.717, 1.165) is 16.5 Å². The molecule has 0 saturated carbocycles. The SMILES string of the molecule is Cc1ccc([C@@H](C)NC(=O)c2ccc(CBr)cc2)cc1. The Morgan fingerprint density at radius 1 is 1.10 bits per heavy atom. The van der Waals surface area contributed by atoms with Crippen molar-refractivity contribution in [2.75, 3.05) is 0 Å². The van der Waals surface area contributed by atoms with Crippen LogP contribution in [0.25, 0.3) is 0 Å². The molecule has 0 bridgehead atoms. The van der Waals surface area contributed by atoms with Crippen molar-refractivity contribution in [3.05, 3.63) is 70.8 Å². The van der Waals surface area contributed by atoms with Gasteiger partial charge in [-0.25, -0.2) is 0 Å². The van der Waals surface area contributed by atoms with Gasteiger partial charge in [-0.2, -0.15) is 0 Å². The summed E-state index contributed by atoms with van der Waals surface area (Å²) in [6.07, 6.45) is 0. The van der Waals surface area contributed by atoms with Crippen LogP contribution in [0, 0.1) is 6.92 Å². The summed E-state index contributed by atoms with van der Waals surface area (Å²) in [5.74, 6) is -0.0424. The fraction of sp³-hybridized carbons (Fsp3) is 0.235. The van der Waals surface area contributed by atoms with E-state index in [2.05, 4.69) is 40.3 Å². The van der Waals surface area contributed by atoms with Crippen LogP contribution < -0.4 is 5.32 Å². The van der Waals surface area contributed by atoms with Crippen LogP contribution in [0.5, 0.6) is 0 Å². The number of carbonyl (C=O) groups is 1. The number of alkyl halides is 1. The lowest BCUT2D eigenvalue weighted by Gasteiger charge is -2.14. The maximum atomic E-state index is 12.2. The van der Waals surface area contributed by atoms with Gasteiger partial charge in [-0.15, -0.1) is 0 Å². The zero-order valence-electron chi connectivity index (χ0n) is 11.7. The van der Waals surface area contributed by atoms with Crippen molar-refractivity contribution < 1.29 is 4.79 Å². The number of rotatable bonds is 4. The molecule has 0 aromatic heterocycles. The fourth-order valence-electron chi connectivity index (χ4n) is 1.96. The minimum atomic E-state index is -0.0424. The van der Waals surface area contributed by atoms with Gasteiger partial charge in [0.1, 0.15) is 0 Å². The molecule has 2 aromatic rings. The van der Waals surface area contributed by atoms with Crippen molar-refractivity contribution in [1.29, 1.82) is 0 Å². The summed E-state index contributed by atoms with van der Waals surface area (Å²) in [6.45, 7) is 4.05. The number of aryl methyl sites for hydroxylation is 1. The molecule has 0 aliphatic rings. The number of nitrogens with one attached hydrogen (secondary N) is 1. The third-order valence-corrected chi connectivity index (χ3v) is 3.94. The van der Waals surface area contributed by atoms with Crippen molar-refractivity contribution in [3.8, 4) is 0 Å². The Kier molecular flexibility index (Phi) is 4.96. The van der Waals surface area contributed by atoms with Gasteiger partial charge in [-0.05, 0) is 37.1 Å². The minimum Gasteiger partial charge on any atom is -0.346 e. The van der Waals surface area contributed by atoms with Gasteiger partial charge in [-0.1, -0.05) is 57.9 Å². The zero-order chi connectivity index (χ0) is 14.5. The van der Waals surface area contributed by atoms with Gasteiger partial charge in [0, 0.05) is 10.9 Å². The van der Waals surface area contributed by atoms with E-state index in [-0.39, 0.29) is 11.9 Å². The highest BCUT2D eigenvalue weighted by atomic mass is 79.9. The van der Waals surface area contributed by atoms with Gasteiger partial charge < -0.3 is 5.32 Å². The van der Waals surface area contributed by atoms with Crippen LogP contribution in [0.3, 0.4) is 0 Å². The van der Waals surface area contributed by atoms with Crippen molar-refractivity contribution in [1.82, 2.24) is 5.32 Å². The van der Waals surface area contributed by atoms with Crippen molar-refractivity contribution in [2.24, 2.45) is 0 Å². The molecule has 104 valence electrons. The molecule has 0 saturated heterocycles. The molecule has 2 aromatic carbocycles. The van der Waals surface area contributed by atoms with Crippen LogP contribution in [0.2, 0.25) is 0 Å². The summed E-state index contributed by atoms with van der Waals surface area (Å²) >= 11 is 3.40. The molecule has 0 unspecified atom stereocenters. The van der Waals surface area contributed by atoms with Crippen LogP contribution in [0.4, 0.5) is 0 Å². The number of hydrogen-bond donors (Lipinski definition) is 1. The number of hydrogen-bond acceptors (Lipinski definition) is 1. The van der Waals surface area contributed by atoms with E-state index in [1.807, 2.05) is 43.3 Å². The van der Waals surface area contributed by atoms with Crippen LogP contribution in [0.1, 0.15) is 40.0 Å². The highest BCUT2D eigenvalue weighted by Gasteiger charge is 2.11. The van der Waals surface area contributed by atoms with E-state index in [4.69, 9.17) is 0 Å². The lowest BCUT2D eigenvalue weighted by Crippen LogP contribution is -2.26. The molecule has 20 heavy (non-hydrogen) atoms. The standard InChI is InChI=1S/C17H18BrNO/c1-12-3-7-15(8-4-12)13(2)19-17(20)16-9-5-14(11-18)6-10-16/h3-10,13H,11H2,1-2H3,(H,19,20)/t13-/m1/s1. The van der Waals surface area contributed by atoms with E-state index >= 15 is 0 Å². The second-order valence-corrected chi connectivity index (χ2v) is 5.50. The molecule has 1 amide bonds. The minimum absolute atomic E-state index is 0.000971. The molecule has 0 aliphatic heterocycles. The maximum absolute atomic E-state index is 12.2. The van der Waals surface area contributed by atoms with Gasteiger partial charge in [0.05, 0.1) is 6.04 Å². The van der Waals surface area contributed by atoms with Gasteiger partial charge in [0.2, 0.25) is 0 Å². The van der Waals surface area contributed by atoms with Gasteiger partial charge in [-0.3, -0.25) is 4.79 Å². The number of carbonyl (C=O) groups excluding carboxylic acids is 1. The molecule has 1 atom stereocenters. The summed E-state index contributed by atoms with van der Waals surface area (Å²) in [4.78, 5) is 12.2. The number of halogens is 1. The second kappa shape index (κ2) is 6.71. The first-order valence-corrected chi connectivity index (χ1v) is 7.74. The Morgan fingerprint density at radius 3 is 2.25 bits per heavy atom. The van der Waals surface area contributed by atoms with E-state index in [0.29, 0.717) is 5.56 Å². The Labute approximate surface area is 128 Å². The van der Waals surface area contributed by atoms with E-state index in [1.165, 1.54) is 5.56 Å². The van der Waals surface area contributed by atoms with Crippen LogP contribution in [-0.4, -0.2) is 5.91 Å². The van der Waals surface area contributed by atoms with Crippen LogP contribution in [0.15, 0.2) is 48.5 Å². The third-order valence-electron chi connectivity index (χ3n) is 3.30. The molecule has 2 rings (SSSR count). The summed E-state index contributed by atoms with van der Waals surface area (Å²) in [6, 6.07) is 15.8. The summed E-state index contributed by atoms with van der Waals surface area (Å²) in [5, 5.41) is 3.82. The molecule has 0 spiro atoms. The van der Waals surface area contributed by atoms with E-state index in [9.17, 15) is 4.79 Å². The zero-order valence-corrected chi connectivity index (χ0v) is 13.3. The number of benzene rings is 2. The lowest BCUT2D eigenvalue weighted by atomic mass is 10.1. The molecule has 0 fully saturated rings. The average Bonchev–Trinajstić information content (AvgIpc) is 2.48. The highest BCUT2D eigenvalue weighted by Crippen LogP contribution is 2.14. The molecule has 0 heterocycles. The predicted octanol–water partition coefficient (Wildman–Crippen LogP) is 4.38. The van der Waals surface area contributed by atoms with Gasteiger partial charge in [0.15, 0.2) is 0 Å². The summed E-state index contributed by atoms with van der Waals surface area (Å²) in [5.41, 5.74) is 4.18. The molecule has 0 radical (unpaired) electrons. The largest absolute Gasteiger partial charge is 0.346 e. The fourth-order valence-corrected chi connectivity index (χ4v) is 2.34. The first-order valence-electron chi connectivity index (χ1n) is 6.62. The normalized spacial score (nSPS) is 11.9. The molecule has 1 N–H and O–H groups in total. The molecule has 2 nitrogen and oxygen atoms in total. The first kappa shape index (κ1) is 14.8. The molecule has 0 aliphatic carbocycles. The van der Waals surface area contributed by atoms with E-state index < -0.39 is 0 Å². The smallest absolute Gasteiger partial charge is 0.251 e. The Balaban J connectivity index is 2.04. The van der Waals surface area contributed by atoms with Crippen molar-refractivity contribution in [3.63, 3.8) is 0 Å². The number of amides is 1. The van der Waals surface area contributed by atoms with Crippen LogP contribution in [-0.2, 0) is 5.33 Å². The molecular formula is C17H18BrNO. The molecule has 3 heteroatoms. The van der Waals surface area contributed by atoms with E-state index in [1.54, 1.807) is 0 Å². The summed E-state index contributed by atoms with van der Waals surface area (Å²) in [7, 11) is 0. The molecular weight excluding hydrogens is 314 g/mol. The Morgan fingerprint density at radius 2 is 1.70 bits per heavy atom. The first-order chi connectivity index (χ1) is 9.60. The van der Waals surface area contributed by atoms with Gasteiger partial charge in [0.25, 0.3) is 5.91 Å². The Bertz CT molecular complexity index is 575. The Hall–Kier alpha value is -1.61. The van der Waals surface area contributed by atoms with Crippen LogP contribution >= 0.6 is 15.9 Å². The van der Waals surface area contributed by atoms with Crippen molar-refractivity contribution >= 4 is 21.8 Å².